The molecular weight excluding hydrogens is 310 g/mol. The van der Waals surface area contributed by atoms with Gasteiger partial charge in [0.2, 0.25) is 0 Å². The largest absolute Gasteiger partial charge is 0.345 e. The first kappa shape index (κ1) is 15.7. The fourth-order valence-electron chi connectivity index (χ4n) is 1.96. The summed E-state index contributed by atoms with van der Waals surface area (Å²) >= 11 is 7.54. The SMILES string of the molecule is Cc1nc(C)c(C(C)NC(=O)c2cnc(NN)c(Cl)c2)s1. The molecule has 112 valence electrons. The summed E-state index contributed by atoms with van der Waals surface area (Å²) < 4.78 is 0. The van der Waals surface area contributed by atoms with Gasteiger partial charge >= 0.3 is 0 Å². The maximum Gasteiger partial charge on any atom is 0.253 e. The van der Waals surface area contributed by atoms with Crippen LogP contribution in [0.25, 0.3) is 0 Å². The molecule has 0 aliphatic heterocycles. The quantitative estimate of drug-likeness (QED) is 0.593. The highest BCUT2D eigenvalue weighted by Gasteiger charge is 2.17. The highest BCUT2D eigenvalue weighted by molar-refractivity contribution is 7.11. The van der Waals surface area contributed by atoms with E-state index in [-0.39, 0.29) is 11.9 Å². The van der Waals surface area contributed by atoms with Crippen LogP contribution in [0, 0.1) is 13.8 Å². The first-order valence-corrected chi connectivity index (χ1v) is 7.48. The van der Waals surface area contributed by atoms with E-state index in [9.17, 15) is 4.79 Å². The number of rotatable bonds is 4. The van der Waals surface area contributed by atoms with E-state index in [0.717, 1.165) is 15.6 Å². The third-order valence-electron chi connectivity index (χ3n) is 2.92. The third-order valence-corrected chi connectivity index (χ3v) is 4.46. The van der Waals surface area contributed by atoms with Gasteiger partial charge < -0.3 is 10.7 Å². The number of aryl methyl sites for hydroxylation is 2. The Balaban J connectivity index is 2.14. The minimum Gasteiger partial charge on any atom is -0.345 e. The molecule has 0 spiro atoms. The van der Waals surface area contributed by atoms with Crippen LogP contribution in [-0.2, 0) is 0 Å². The minimum absolute atomic E-state index is 0.130. The van der Waals surface area contributed by atoms with Crippen molar-refractivity contribution in [3.63, 3.8) is 0 Å². The number of hydrazine groups is 1. The summed E-state index contributed by atoms with van der Waals surface area (Å²) in [4.78, 5) is 21.6. The van der Waals surface area contributed by atoms with Gasteiger partial charge in [-0.3, -0.25) is 4.79 Å². The van der Waals surface area contributed by atoms with Crippen LogP contribution in [0.1, 0.15) is 38.9 Å². The van der Waals surface area contributed by atoms with Crippen LogP contribution in [0.15, 0.2) is 12.3 Å². The highest BCUT2D eigenvalue weighted by atomic mass is 35.5. The van der Waals surface area contributed by atoms with Gasteiger partial charge in [0.05, 0.1) is 27.3 Å². The van der Waals surface area contributed by atoms with Crippen LogP contribution in [-0.4, -0.2) is 15.9 Å². The number of hydrogen-bond donors (Lipinski definition) is 3. The number of hydrogen-bond acceptors (Lipinski definition) is 6. The molecule has 1 amide bonds. The van der Waals surface area contributed by atoms with Gasteiger partial charge in [-0.2, -0.15) is 0 Å². The summed E-state index contributed by atoms with van der Waals surface area (Å²) in [6.45, 7) is 5.79. The van der Waals surface area contributed by atoms with Crippen LogP contribution >= 0.6 is 22.9 Å². The number of nitrogens with two attached hydrogens (primary N) is 1. The van der Waals surface area contributed by atoms with Crippen molar-refractivity contribution in [2.75, 3.05) is 5.43 Å². The predicted molar refractivity (Wildman–Crippen MR) is 84.5 cm³/mol. The Labute approximate surface area is 131 Å². The Morgan fingerprint density at radius 3 is 2.71 bits per heavy atom. The average molecular weight is 326 g/mol. The van der Waals surface area contributed by atoms with Crippen molar-refractivity contribution in [2.45, 2.75) is 26.8 Å². The van der Waals surface area contributed by atoms with Gasteiger partial charge in [0.15, 0.2) is 5.82 Å². The number of anilines is 1. The summed E-state index contributed by atoms with van der Waals surface area (Å²) in [6, 6.07) is 1.39. The molecule has 0 aromatic carbocycles. The van der Waals surface area contributed by atoms with Gasteiger partial charge in [-0.25, -0.2) is 15.8 Å². The van der Waals surface area contributed by atoms with E-state index in [0.29, 0.717) is 16.4 Å². The molecule has 21 heavy (non-hydrogen) atoms. The molecule has 2 rings (SSSR count). The second-order valence-corrected chi connectivity index (χ2v) is 6.22. The number of halogens is 1. The Kier molecular flexibility index (Phi) is 4.76. The van der Waals surface area contributed by atoms with Gasteiger partial charge in [-0.1, -0.05) is 11.6 Å². The molecular formula is C13H16ClN5OS. The summed E-state index contributed by atoms with van der Waals surface area (Å²) in [6.07, 6.45) is 1.42. The zero-order valence-corrected chi connectivity index (χ0v) is 13.5. The molecule has 2 heterocycles. The van der Waals surface area contributed by atoms with Crippen LogP contribution < -0.4 is 16.6 Å². The molecule has 0 bridgehead atoms. The van der Waals surface area contributed by atoms with Crippen molar-refractivity contribution in [3.8, 4) is 0 Å². The summed E-state index contributed by atoms with van der Waals surface area (Å²) in [5.74, 6) is 5.33. The number of thiazole rings is 1. The Morgan fingerprint density at radius 2 is 2.19 bits per heavy atom. The molecule has 0 saturated carbocycles. The van der Waals surface area contributed by atoms with Gasteiger partial charge in [0.25, 0.3) is 5.91 Å². The molecule has 0 fully saturated rings. The van der Waals surface area contributed by atoms with E-state index in [1.165, 1.54) is 12.3 Å². The van der Waals surface area contributed by atoms with Crippen LogP contribution in [0.2, 0.25) is 5.02 Å². The van der Waals surface area contributed by atoms with E-state index in [1.807, 2.05) is 20.8 Å². The Bertz CT molecular complexity index is 673. The van der Waals surface area contributed by atoms with E-state index in [2.05, 4.69) is 20.7 Å². The highest BCUT2D eigenvalue weighted by Crippen LogP contribution is 2.25. The topological polar surface area (TPSA) is 92.9 Å². The zero-order valence-electron chi connectivity index (χ0n) is 11.9. The standard InChI is InChI=1S/C13H16ClN5OS/c1-6-11(21-8(3)17-6)7(2)18-13(20)9-4-10(14)12(19-15)16-5-9/h4-5,7H,15H2,1-3H3,(H,16,19)(H,18,20). The lowest BCUT2D eigenvalue weighted by Crippen LogP contribution is -2.26. The van der Waals surface area contributed by atoms with Crippen molar-refractivity contribution < 1.29 is 4.79 Å². The first-order valence-electron chi connectivity index (χ1n) is 6.29. The molecule has 0 aliphatic carbocycles. The molecule has 1 atom stereocenters. The van der Waals surface area contributed by atoms with Crippen LogP contribution in [0.3, 0.4) is 0 Å². The second kappa shape index (κ2) is 6.38. The van der Waals surface area contributed by atoms with Crippen molar-refractivity contribution in [1.29, 1.82) is 0 Å². The molecule has 0 radical (unpaired) electrons. The van der Waals surface area contributed by atoms with Crippen molar-refractivity contribution >= 4 is 34.7 Å². The Hall–Kier alpha value is -1.70. The summed E-state index contributed by atoms with van der Waals surface area (Å²) in [7, 11) is 0. The first-order chi connectivity index (χ1) is 9.92. The number of aromatic nitrogens is 2. The molecule has 2 aromatic rings. The normalized spacial score (nSPS) is 12.0. The summed E-state index contributed by atoms with van der Waals surface area (Å²) in [5.41, 5.74) is 3.67. The third kappa shape index (κ3) is 3.49. The zero-order chi connectivity index (χ0) is 15.6. The number of nitrogens with zero attached hydrogens (tertiary/aromatic N) is 2. The van der Waals surface area contributed by atoms with E-state index < -0.39 is 0 Å². The lowest BCUT2D eigenvalue weighted by molar-refractivity contribution is 0.0940. The smallest absolute Gasteiger partial charge is 0.253 e. The van der Waals surface area contributed by atoms with Crippen LogP contribution in [0.4, 0.5) is 5.82 Å². The lowest BCUT2D eigenvalue weighted by Gasteiger charge is -2.13. The summed E-state index contributed by atoms with van der Waals surface area (Å²) in [5, 5.41) is 4.19. The number of pyridine rings is 1. The van der Waals surface area contributed by atoms with E-state index >= 15 is 0 Å². The van der Waals surface area contributed by atoms with Crippen molar-refractivity contribution in [1.82, 2.24) is 15.3 Å². The molecule has 0 aliphatic rings. The van der Waals surface area contributed by atoms with E-state index in [1.54, 1.807) is 11.3 Å². The van der Waals surface area contributed by atoms with Crippen molar-refractivity contribution in [2.24, 2.45) is 5.84 Å². The molecule has 8 heteroatoms. The van der Waals surface area contributed by atoms with Gasteiger partial charge in [-0.05, 0) is 26.8 Å². The maximum atomic E-state index is 12.2. The van der Waals surface area contributed by atoms with Gasteiger partial charge in [-0.15, -0.1) is 11.3 Å². The van der Waals surface area contributed by atoms with Crippen molar-refractivity contribution in [3.05, 3.63) is 38.4 Å². The molecule has 2 aromatic heterocycles. The second-order valence-electron chi connectivity index (χ2n) is 4.58. The molecule has 4 N–H and O–H groups in total. The predicted octanol–water partition coefficient (Wildman–Crippen LogP) is 2.58. The number of carbonyl (C=O) groups excluding carboxylic acids is 1. The average Bonchev–Trinajstić information content (AvgIpc) is 2.77. The minimum atomic E-state index is -0.245. The van der Waals surface area contributed by atoms with Gasteiger partial charge in [0, 0.05) is 11.1 Å². The van der Waals surface area contributed by atoms with Gasteiger partial charge in [0.1, 0.15) is 0 Å². The maximum absolute atomic E-state index is 12.2. The van der Waals surface area contributed by atoms with Crippen LogP contribution in [0.5, 0.6) is 0 Å². The number of amides is 1. The number of carbonyl (C=O) groups is 1. The lowest BCUT2D eigenvalue weighted by atomic mass is 10.2. The molecule has 0 saturated heterocycles. The fraction of sp³-hybridized carbons (Fsp3) is 0.308. The monoisotopic (exact) mass is 325 g/mol. The fourth-order valence-corrected chi connectivity index (χ4v) is 3.11. The molecule has 6 nitrogen and oxygen atoms in total. The Morgan fingerprint density at radius 1 is 1.48 bits per heavy atom. The van der Waals surface area contributed by atoms with E-state index in [4.69, 9.17) is 17.4 Å². The number of nitrogen functional groups attached to an aromatic ring is 1. The number of nitrogens with one attached hydrogen (secondary N) is 2. The molecule has 1 unspecified atom stereocenters.